The van der Waals surface area contributed by atoms with Crippen molar-refractivity contribution in [3.63, 3.8) is 0 Å². The van der Waals surface area contributed by atoms with E-state index in [-0.39, 0.29) is 0 Å². The van der Waals surface area contributed by atoms with Crippen LogP contribution in [0.5, 0.6) is 0 Å². The van der Waals surface area contributed by atoms with Gasteiger partial charge in [-0.15, -0.1) is 23.1 Å². The molecule has 0 atom stereocenters. The van der Waals surface area contributed by atoms with Crippen molar-refractivity contribution in [2.75, 3.05) is 5.75 Å². The van der Waals surface area contributed by atoms with Gasteiger partial charge < -0.3 is 4.57 Å². The van der Waals surface area contributed by atoms with Crippen LogP contribution >= 0.6 is 23.1 Å². The third kappa shape index (κ3) is 2.59. The topological polar surface area (TPSA) is 30.7 Å². The molecule has 0 fully saturated rings. The summed E-state index contributed by atoms with van der Waals surface area (Å²) in [5.41, 5.74) is 0. The number of rotatable bonds is 4. The summed E-state index contributed by atoms with van der Waals surface area (Å²) in [7, 11) is 0. The van der Waals surface area contributed by atoms with E-state index in [1.54, 1.807) is 11.3 Å². The normalized spacial score (nSPS) is 10.6. The van der Waals surface area contributed by atoms with Gasteiger partial charge in [-0.25, -0.2) is 9.97 Å². The third-order valence-electron chi connectivity index (χ3n) is 1.75. The zero-order valence-electron chi connectivity index (χ0n) is 7.88. The summed E-state index contributed by atoms with van der Waals surface area (Å²) in [5.74, 6) is 1.07. The third-order valence-corrected chi connectivity index (χ3v) is 3.84. The lowest BCUT2D eigenvalue weighted by Gasteiger charge is -1.99. The summed E-state index contributed by atoms with van der Waals surface area (Å²) in [6, 6.07) is 0. The molecule has 0 saturated heterocycles. The fraction of sp³-hybridized carbons (Fsp3) is 0.333. The molecule has 0 unspecified atom stereocenters. The van der Waals surface area contributed by atoms with Gasteiger partial charge in [0.2, 0.25) is 0 Å². The van der Waals surface area contributed by atoms with Gasteiger partial charge in [0, 0.05) is 24.7 Å². The molecule has 0 spiro atoms. The van der Waals surface area contributed by atoms with Crippen molar-refractivity contribution in [1.82, 2.24) is 14.5 Å². The first-order valence-corrected chi connectivity index (χ1v) is 6.16. The standard InChI is InChI=1S/C9H11N3S2/c1-8-11-6-9(14-8)13-5-4-12-3-2-10-7-12/h2-3,6-7H,4-5H2,1H3. The number of aryl methyl sites for hydroxylation is 2. The molecule has 0 aromatic carbocycles. The summed E-state index contributed by atoms with van der Waals surface area (Å²) in [6.45, 7) is 3.03. The maximum Gasteiger partial charge on any atom is 0.0946 e. The van der Waals surface area contributed by atoms with Crippen molar-refractivity contribution < 1.29 is 0 Å². The minimum Gasteiger partial charge on any atom is -0.337 e. The molecular weight excluding hydrogens is 214 g/mol. The van der Waals surface area contributed by atoms with Gasteiger partial charge in [0.15, 0.2) is 0 Å². The van der Waals surface area contributed by atoms with Gasteiger partial charge in [-0.3, -0.25) is 0 Å². The zero-order chi connectivity index (χ0) is 9.80. The number of thiazole rings is 1. The van der Waals surface area contributed by atoms with E-state index in [1.807, 2.05) is 43.6 Å². The lowest BCUT2D eigenvalue weighted by atomic mass is 10.7. The number of hydrogen-bond donors (Lipinski definition) is 0. The Morgan fingerprint density at radius 3 is 3.14 bits per heavy atom. The molecule has 2 aromatic rings. The number of nitrogens with zero attached hydrogens (tertiary/aromatic N) is 3. The van der Waals surface area contributed by atoms with Gasteiger partial charge in [-0.05, 0) is 6.92 Å². The largest absolute Gasteiger partial charge is 0.337 e. The minimum atomic E-state index is 1.00. The first-order chi connectivity index (χ1) is 6.84. The van der Waals surface area contributed by atoms with E-state index in [0.717, 1.165) is 17.3 Å². The van der Waals surface area contributed by atoms with Crippen molar-refractivity contribution in [1.29, 1.82) is 0 Å². The van der Waals surface area contributed by atoms with E-state index < -0.39 is 0 Å². The predicted molar refractivity (Wildman–Crippen MR) is 59.8 cm³/mol. The first-order valence-electron chi connectivity index (χ1n) is 4.35. The second kappa shape index (κ2) is 4.61. The van der Waals surface area contributed by atoms with E-state index >= 15 is 0 Å². The Kier molecular flexibility index (Phi) is 3.21. The first kappa shape index (κ1) is 9.73. The highest BCUT2D eigenvalue weighted by Gasteiger charge is 1.98. The van der Waals surface area contributed by atoms with Crippen LogP contribution in [0.1, 0.15) is 5.01 Å². The van der Waals surface area contributed by atoms with E-state index in [2.05, 4.69) is 14.5 Å². The van der Waals surface area contributed by atoms with Crippen LogP contribution in [0, 0.1) is 6.92 Å². The molecule has 0 saturated carbocycles. The molecule has 5 heteroatoms. The van der Waals surface area contributed by atoms with Crippen molar-refractivity contribution in [3.8, 4) is 0 Å². The number of aromatic nitrogens is 3. The van der Waals surface area contributed by atoms with Gasteiger partial charge in [-0.1, -0.05) is 0 Å². The van der Waals surface area contributed by atoms with Gasteiger partial charge in [0.1, 0.15) is 0 Å². The quantitative estimate of drug-likeness (QED) is 0.749. The van der Waals surface area contributed by atoms with Crippen molar-refractivity contribution in [3.05, 3.63) is 29.9 Å². The van der Waals surface area contributed by atoms with E-state index in [9.17, 15) is 0 Å². The molecule has 2 aromatic heterocycles. The molecule has 2 rings (SSSR count). The van der Waals surface area contributed by atoms with E-state index in [0.29, 0.717) is 0 Å². The molecular formula is C9H11N3S2. The average Bonchev–Trinajstić information content (AvgIpc) is 2.77. The molecule has 0 amide bonds. The zero-order valence-corrected chi connectivity index (χ0v) is 9.51. The Hall–Kier alpha value is -0.810. The molecule has 0 bridgehead atoms. The van der Waals surface area contributed by atoms with Crippen LogP contribution in [-0.4, -0.2) is 20.3 Å². The Bertz CT molecular complexity index is 380. The number of hydrogen-bond acceptors (Lipinski definition) is 4. The van der Waals surface area contributed by atoms with Crippen LogP contribution in [0.15, 0.2) is 29.1 Å². The van der Waals surface area contributed by atoms with Crippen LogP contribution < -0.4 is 0 Å². The summed E-state index contributed by atoms with van der Waals surface area (Å²) in [5, 5.41) is 1.13. The summed E-state index contributed by atoms with van der Waals surface area (Å²) in [4.78, 5) is 8.21. The predicted octanol–water partition coefficient (Wildman–Crippen LogP) is 2.44. The van der Waals surface area contributed by atoms with Gasteiger partial charge in [0.25, 0.3) is 0 Å². The molecule has 74 valence electrons. The van der Waals surface area contributed by atoms with Crippen LogP contribution in [0.3, 0.4) is 0 Å². The lowest BCUT2D eigenvalue weighted by molar-refractivity contribution is 0.770. The Morgan fingerprint density at radius 1 is 1.57 bits per heavy atom. The summed E-state index contributed by atoms with van der Waals surface area (Å²) < 4.78 is 3.38. The maximum atomic E-state index is 4.21. The Morgan fingerprint density at radius 2 is 2.50 bits per heavy atom. The molecule has 2 heterocycles. The highest BCUT2D eigenvalue weighted by molar-refractivity contribution is 8.01. The minimum absolute atomic E-state index is 1.00. The SMILES string of the molecule is Cc1ncc(SCCn2ccnc2)s1. The van der Waals surface area contributed by atoms with Gasteiger partial charge in [0.05, 0.1) is 21.7 Å². The van der Waals surface area contributed by atoms with Crippen LogP contribution in [0.2, 0.25) is 0 Å². The fourth-order valence-corrected chi connectivity index (χ4v) is 3.06. The second-order valence-electron chi connectivity index (χ2n) is 2.85. The summed E-state index contributed by atoms with van der Waals surface area (Å²) in [6.07, 6.45) is 7.58. The van der Waals surface area contributed by atoms with Crippen LogP contribution in [0.4, 0.5) is 0 Å². The van der Waals surface area contributed by atoms with Crippen molar-refractivity contribution in [2.24, 2.45) is 0 Å². The Labute approximate surface area is 91.2 Å². The van der Waals surface area contributed by atoms with Crippen LogP contribution in [-0.2, 0) is 6.54 Å². The average molecular weight is 225 g/mol. The number of imidazole rings is 1. The molecule has 0 aliphatic carbocycles. The van der Waals surface area contributed by atoms with Gasteiger partial charge >= 0.3 is 0 Å². The smallest absolute Gasteiger partial charge is 0.0946 e. The van der Waals surface area contributed by atoms with E-state index in [1.165, 1.54) is 4.21 Å². The molecule has 14 heavy (non-hydrogen) atoms. The number of thioether (sulfide) groups is 1. The lowest BCUT2D eigenvalue weighted by Crippen LogP contribution is -1.95. The highest BCUT2D eigenvalue weighted by Crippen LogP contribution is 2.24. The molecule has 0 aliphatic heterocycles. The molecule has 3 nitrogen and oxygen atoms in total. The molecule has 0 N–H and O–H groups in total. The van der Waals surface area contributed by atoms with Crippen molar-refractivity contribution in [2.45, 2.75) is 17.7 Å². The monoisotopic (exact) mass is 225 g/mol. The van der Waals surface area contributed by atoms with Crippen LogP contribution in [0.25, 0.3) is 0 Å². The second-order valence-corrected chi connectivity index (χ2v) is 5.48. The molecule has 0 radical (unpaired) electrons. The summed E-state index contributed by atoms with van der Waals surface area (Å²) >= 11 is 3.60. The van der Waals surface area contributed by atoms with Gasteiger partial charge in [-0.2, -0.15) is 0 Å². The highest BCUT2D eigenvalue weighted by atomic mass is 32.2. The fourth-order valence-electron chi connectivity index (χ4n) is 1.08. The van der Waals surface area contributed by atoms with Crippen molar-refractivity contribution >= 4 is 23.1 Å². The molecule has 0 aliphatic rings. The Balaban J connectivity index is 1.78. The maximum absolute atomic E-state index is 4.21. The van der Waals surface area contributed by atoms with E-state index in [4.69, 9.17) is 0 Å².